The predicted molar refractivity (Wildman–Crippen MR) is 56.9 cm³/mol. The van der Waals surface area contributed by atoms with Crippen LogP contribution in [-0.4, -0.2) is 26.1 Å². The van der Waals surface area contributed by atoms with Crippen LogP contribution >= 0.6 is 11.6 Å². The molecule has 0 saturated carbocycles. The van der Waals surface area contributed by atoms with E-state index in [1.54, 1.807) is 18.6 Å². The van der Waals surface area contributed by atoms with E-state index in [0.717, 1.165) is 5.82 Å². The zero-order valence-electron chi connectivity index (χ0n) is 7.97. The van der Waals surface area contributed by atoms with Crippen molar-refractivity contribution in [3.8, 4) is 5.82 Å². The average Bonchev–Trinajstić information content (AvgIpc) is 2.67. The molecule has 0 spiro atoms. The van der Waals surface area contributed by atoms with E-state index in [1.807, 2.05) is 4.57 Å². The van der Waals surface area contributed by atoms with Gasteiger partial charge in [0.15, 0.2) is 5.82 Å². The van der Waals surface area contributed by atoms with Crippen molar-refractivity contribution in [3.63, 3.8) is 0 Å². The van der Waals surface area contributed by atoms with Gasteiger partial charge < -0.3 is 5.73 Å². The fourth-order valence-corrected chi connectivity index (χ4v) is 1.52. The van der Waals surface area contributed by atoms with E-state index in [9.17, 15) is 0 Å². The fraction of sp³-hybridized carbons (Fsp3) is 0.222. The number of rotatable bonds is 3. The van der Waals surface area contributed by atoms with Crippen LogP contribution in [0.2, 0.25) is 5.02 Å². The highest BCUT2D eigenvalue weighted by Gasteiger charge is 2.08. The first-order valence-electron chi connectivity index (χ1n) is 4.51. The van der Waals surface area contributed by atoms with Gasteiger partial charge in [-0.25, -0.2) is 15.0 Å². The second-order valence-electron chi connectivity index (χ2n) is 2.95. The molecule has 0 aliphatic rings. The SMILES string of the molecule is NCCc1nccn1-c1ncncc1Cl. The van der Waals surface area contributed by atoms with Crippen LogP contribution in [0.15, 0.2) is 24.9 Å². The van der Waals surface area contributed by atoms with E-state index in [-0.39, 0.29) is 0 Å². The largest absolute Gasteiger partial charge is 0.330 e. The summed E-state index contributed by atoms with van der Waals surface area (Å²) in [6, 6.07) is 0. The minimum atomic E-state index is 0.494. The Bertz CT molecular complexity index is 453. The molecule has 0 fully saturated rings. The number of imidazole rings is 1. The molecule has 0 amide bonds. The van der Waals surface area contributed by atoms with Gasteiger partial charge in [-0.05, 0) is 6.54 Å². The Labute approximate surface area is 91.9 Å². The Balaban J connectivity index is 2.45. The number of halogens is 1. The molecule has 0 aromatic carbocycles. The zero-order valence-corrected chi connectivity index (χ0v) is 8.72. The molecule has 2 aromatic heterocycles. The Morgan fingerprint density at radius 3 is 3.00 bits per heavy atom. The topological polar surface area (TPSA) is 69.6 Å². The van der Waals surface area contributed by atoms with Gasteiger partial charge in [0.1, 0.15) is 17.2 Å². The molecule has 0 aliphatic heterocycles. The molecule has 78 valence electrons. The molecule has 6 heteroatoms. The summed E-state index contributed by atoms with van der Waals surface area (Å²) in [5, 5.41) is 0.494. The van der Waals surface area contributed by atoms with Crippen molar-refractivity contribution < 1.29 is 0 Å². The highest BCUT2D eigenvalue weighted by molar-refractivity contribution is 6.32. The molecule has 2 aromatic rings. The van der Waals surface area contributed by atoms with E-state index in [2.05, 4.69) is 15.0 Å². The Morgan fingerprint density at radius 1 is 1.40 bits per heavy atom. The van der Waals surface area contributed by atoms with Crippen LogP contribution < -0.4 is 5.73 Å². The van der Waals surface area contributed by atoms with Crippen LogP contribution in [-0.2, 0) is 6.42 Å². The van der Waals surface area contributed by atoms with Gasteiger partial charge in [-0.2, -0.15) is 0 Å². The second kappa shape index (κ2) is 4.37. The highest BCUT2D eigenvalue weighted by atomic mass is 35.5. The summed E-state index contributed by atoms with van der Waals surface area (Å²) < 4.78 is 1.82. The minimum absolute atomic E-state index is 0.494. The molecule has 0 unspecified atom stereocenters. The summed E-state index contributed by atoms with van der Waals surface area (Å²) in [5.74, 6) is 1.48. The molecule has 0 radical (unpaired) electrons. The molecular formula is C9H10ClN5. The normalized spacial score (nSPS) is 10.5. The maximum Gasteiger partial charge on any atom is 0.160 e. The molecule has 15 heavy (non-hydrogen) atoms. The Morgan fingerprint density at radius 2 is 2.27 bits per heavy atom. The summed E-state index contributed by atoms with van der Waals surface area (Å²) in [4.78, 5) is 12.1. The number of hydrogen-bond acceptors (Lipinski definition) is 4. The summed E-state index contributed by atoms with van der Waals surface area (Å²) >= 11 is 5.98. The van der Waals surface area contributed by atoms with E-state index in [0.29, 0.717) is 23.8 Å². The first kappa shape index (κ1) is 10.1. The second-order valence-corrected chi connectivity index (χ2v) is 3.35. The molecule has 5 nitrogen and oxygen atoms in total. The quantitative estimate of drug-likeness (QED) is 0.836. The van der Waals surface area contributed by atoms with Crippen LogP contribution in [0.25, 0.3) is 5.82 Å². The lowest BCUT2D eigenvalue weighted by molar-refractivity contribution is 0.820. The van der Waals surface area contributed by atoms with Crippen molar-refractivity contribution >= 4 is 11.6 Å². The van der Waals surface area contributed by atoms with Gasteiger partial charge >= 0.3 is 0 Å². The van der Waals surface area contributed by atoms with Crippen molar-refractivity contribution in [3.05, 3.63) is 35.8 Å². The number of nitrogens with two attached hydrogens (primary N) is 1. The molecule has 0 aliphatic carbocycles. The lowest BCUT2D eigenvalue weighted by Gasteiger charge is -2.06. The van der Waals surface area contributed by atoms with Crippen molar-refractivity contribution in [2.45, 2.75) is 6.42 Å². The molecule has 2 heterocycles. The molecular weight excluding hydrogens is 214 g/mol. The molecule has 2 N–H and O–H groups in total. The zero-order chi connectivity index (χ0) is 10.7. The van der Waals surface area contributed by atoms with Crippen LogP contribution in [0.4, 0.5) is 0 Å². The predicted octanol–water partition coefficient (Wildman–Crippen LogP) is 0.817. The summed E-state index contributed by atoms with van der Waals surface area (Å²) in [6.07, 6.45) is 7.19. The maximum absolute atomic E-state index is 5.98. The summed E-state index contributed by atoms with van der Waals surface area (Å²) in [5.41, 5.74) is 5.49. The smallest absolute Gasteiger partial charge is 0.160 e. The van der Waals surface area contributed by atoms with Gasteiger partial charge in [-0.3, -0.25) is 4.57 Å². The maximum atomic E-state index is 5.98. The molecule has 2 rings (SSSR count). The lowest BCUT2D eigenvalue weighted by atomic mass is 10.4. The van der Waals surface area contributed by atoms with Crippen LogP contribution in [0.3, 0.4) is 0 Å². The average molecular weight is 224 g/mol. The Hall–Kier alpha value is -1.46. The fourth-order valence-electron chi connectivity index (χ4n) is 1.32. The lowest BCUT2D eigenvalue weighted by Crippen LogP contribution is -2.09. The number of aromatic nitrogens is 4. The summed E-state index contributed by atoms with van der Waals surface area (Å²) in [7, 11) is 0. The van der Waals surface area contributed by atoms with Gasteiger partial charge in [-0.15, -0.1) is 0 Å². The van der Waals surface area contributed by atoms with E-state index < -0.39 is 0 Å². The van der Waals surface area contributed by atoms with E-state index in [4.69, 9.17) is 17.3 Å². The van der Waals surface area contributed by atoms with Crippen molar-refractivity contribution in [1.82, 2.24) is 19.5 Å². The molecule has 0 atom stereocenters. The van der Waals surface area contributed by atoms with Gasteiger partial charge in [0.05, 0.1) is 6.20 Å². The minimum Gasteiger partial charge on any atom is -0.330 e. The monoisotopic (exact) mass is 223 g/mol. The van der Waals surface area contributed by atoms with Crippen molar-refractivity contribution in [1.29, 1.82) is 0 Å². The molecule has 0 saturated heterocycles. The Kier molecular flexibility index (Phi) is 2.94. The first-order chi connectivity index (χ1) is 7.33. The standard InChI is InChI=1S/C9H10ClN5/c10-7-5-12-6-14-9(7)15-4-3-13-8(15)1-2-11/h3-6H,1-2,11H2. The number of nitrogens with zero attached hydrogens (tertiary/aromatic N) is 4. The van der Waals surface area contributed by atoms with Gasteiger partial charge in [0, 0.05) is 18.8 Å². The highest BCUT2D eigenvalue weighted by Crippen LogP contribution is 2.17. The van der Waals surface area contributed by atoms with Gasteiger partial charge in [-0.1, -0.05) is 11.6 Å². The van der Waals surface area contributed by atoms with Gasteiger partial charge in [0.2, 0.25) is 0 Å². The third kappa shape index (κ3) is 1.98. The third-order valence-corrected chi connectivity index (χ3v) is 2.23. The third-order valence-electron chi connectivity index (χ3n) is 1.96. The summed E-state index contributed by atoms with van der Waals surface area (Å²) in [6.45, 7) is 0.541. The van der Waals surface area contributed by atoms with Crippen LogP contribution in [0.1, 0.15) is 5.82 Å². The molecule has 0 bridgehead atoms. The van der Waals surface area contributed by atoms with Crippen molar-refractivity contribution in [2.24, 2.45) is 5.73 Å². The van der Waals surface area contributed by atoms with Gasteiger partial charge in [0.25, 0.3) is 0 Å². The van der Waals surface area contributed by atoms with Crippen LogP contribution in [0, 0.1) is 0 Å². The van der Waals surface area contributed by atoms with Crippen LogP contribution in [0.5, 0.6) is 0 Å². The van der Waals surface area contributed by atoms with Crippen molar-refractivity contribution in [2.75, 3.05) is 6.54 Å². The van der Waals surface area contributed by atoms with E-state index >= 15 is 0 Å². The first-order valence-corrected chi connectivity index (χ1v) is 4.89. The number of hydrogen-bond donors (Lipinski definition) is 1. The van der Waals surface area contributed by atoms with E-state index in [1.165, 1.54) is 6.33 Å².